The molecule has 0 spiro atoms. The Morgan fingerprint density at radius 3 is 3.13 bits per heavy atom. The summed E-state index contributed by atoms with van der Waals surface area (Å²) in [6, 6.07) is 3.35. The average Bonchev–Trinajstić information content (AvgIpc) is 3.08. The molecular weight excluding hydrogens is 354 g/mol. The number of hydrogen-bond donors (Lipinski definition) is 1. The van der Waals surface area contributed by atoms with E-state index in [1.165, 1.54) is 23.1 Å². The molecule has 23 heavy (non-hydrogen) atoms. The zero-order valence-electron chi connectivity index (χ0n) is 11.9. The molecule has 4 aromatic heterocycles. The quantitative estimate of drug-likeness (QED) is 0.565. The Kier molecular flexibility index (Phi) is 3.59. The molecule has 0 aromatic carbocycles. The fraction of sp³-hybridized carbons (Fsp3) is 0.143. The number of pyridine rings is 1. The second kappa shape index (κ2) is 5.63. The minimum atomic E-state index is -0.0533. The highest BCUT2D eigenvalue weighted by molar-refractivity contribution is 7.98. The van der Waals surface area contributed by atoms with Crippen LogP contribution in [0, 0.1) is 6.92 Å². The first kappa shape index (κ1) is 14.7. The molecule has 116 valence electrons. The van der Waals surface area contributed by atoms with Gasteiger partial charge in [-0.05, 0) is 13.0 Å². The molecular formula is C14H10ClN5OS2. The number of fused-ring (bicyclic) bond motifs is 2. The molecule has 0 fully saturated rings. The Morgan fingerprint density at radius 1 is 1.39 bits per heavy atom. The standard InChI is InChI=1S/C14H10ClN5OS2/c1-7-5-23-14-17-9(3-11(21)20(7)14)6-22-13-18-10-2-8(15)4-16-12(10)19-13/h2-5H,6H2,1H3,(H,16,18,19). The smallest absolute Gasteiger partial charge is 0.258 e. The van der Waals surface area contributed by atoms with Gasteiger partial charge in [-0.15, -0.1) is 11.3 Å². The van der Waals surface area contributed by atoms with Crippen LogP contribution in [0.3, 0.4) is 0 Å². The first-order chi connectivity index (χ1) is 11.1. The third kappa shape index (κ3) is 2.73. The summed E-state index contributed by atoms with van der Waals surface area (Å²) in [5, 5.41) is 3.21. The summed E-state index contributed by atoms with van der Waals surface area (Å²) in [7, 11) is 0. The number of aryl methyl sites for hydroxylation is 1. The summed E-state index contributed by atoms with van der Waals surface area (Å²) in [6.07, 6.45) is 1.56. The largest absolute Gasteiger partial charge is 0.331 e. The maximum atomic E-state index is 12.1. The second-order valence-corrected chi connectivity index (χ2v) is 7.17. The Morgan fingerprint density at radius 2 is 2.26 bits per heavy atom. The fourth-order valence-electron chi connectivity index (χ4n) is 2.24. The first-order valence-electron chi connectivity index (χ1n) is 6.71. The summed E-state index contributed by atoms with van der Waals surface area (Å²) in [5.41, 5.74) is 2.99. The topological polar surface area (TPSA) is 75.9 Å². The Hall–Kier alpha value is -1.90. The zero-order valence-corrected chi connectivity index (χ0v) is 14.3. The van der Waals surface area contributed by atoms with Gasteiger partial charge in [0.05, 0.1) is 16.2 Å². The minimum Gasteiger partial charge on any atom is -0.331 e. The van der Waals surface area contributed by atoms with Crippen molar-refractivity contribution in [1.82, 2.24) is 24.3 Å². The monoisotopic (exact) mass is 363 g/mol. The predicted molar refractivity (Wildman–Crippen MR) is 92.5 cm³/mol. The third-order valence-corrected chi connectivity index (χ3v) is 5.32. The molecule has 0 saturated heterocycles. The second-order valence-electron chi connectivity index (χ2n) is 4.94. The summed E-state index contributed by atoms with van der Waals surface area (Å²) in [4.78, 5) is 29.1. The highest BCUT2D eigenvalue weighted by Crippen LogP contribution is 2.23. The molecule has 1 N–H and O–H groups in total. The van der Waals surface area contributed by atoms with Gasteiger partial charge in [-0.25, -0.2) is 15.0 Å². The third-order valence-electron chi connectivity index (χ3n) is 3.27. The molecule has 0 aliphatic carbocycles. The van der Waals surface area contributed by atoms with Gasteiger partial charge < -0.3 is 4.98 Å². The molecule has 0 radical (unpaired) electrons. The van der Waals surface area contributed by atoms with Gasteiger partial charge in [0.25, 0.3) is 5.56 Å². The number of thioether (sulfide) groups is 1. The SMILES string of the molecule is Cc1csc2nc(CSc3nc4ncc(Cl)cc4[nH]3)cc(=O)n12. The maximum absolute atomic E-state index is 12.1. The molecule has 0 atom stereocenters. The van der Waals surface area contributed by atoms with Crippen molar-refractivity contribution < 1.29 is 0 Å². The van der Waals surface area contributed by atoms with Gasteiger partial charge in [0.15, 0.2) is 15.8 Å². The summed E-state index contributed by atoms with van der Waals surface area (Å²) in [6.45, 7) is 1.90. The van der Waals surface area contributed by atoms with Crippen LogP contribution in [-0.4, -0.2) is 24.3 Å². The maximum Gasteiger partial charge on any atom is 0.258 e. The van der Waals surface area contributed by atoms with Gasteiger partial charge in [-0.3, -0.25) is 9.20 Å². The van der Waals surface area contributed by atoms with Crippen LogP contribution in [0.15, 0.2) is 33.7 Å². The first-order valence-corrected chi connectivity index (χ1v) is 8.95. The van der Waals surface area contributed by atoms with Crippen molar-refractivity contribution in [3.8, 4) is 0 Å². The van der Waals surface area contributed by atoms with Crippen molar-refractivity contribution in [2.75, 3.05) is 0 Å². The van der Waals surface area contributed by atoms with Crippen LogP contribution in [0.25, 0.3) is 16.1 Å². The number of imidazole rings is 1. The van der Waals surface area contributed by atoms with Crippen LogP contribution in [0.2, 0.25) is 5.02 Å². The van der Waals surface area contributed by atoms with E-state index in [4.69, 9.17) is 11.6 Å². The normalized spacial score (nSPS) is 11.6. The molecule has 0 bridgehead atoms. The average molecular weight is 364 g/mol. The molecule has 0 unspecified atom stereocenters. The molecule has 9 heteroatoms. The van der Waals surface area contributed by atoms with Crippen LogP contribution in [0.1, 0.15) is 11.4 Å². The number of halogens is 1. The van der Waals surface area contributed by atoms with Crippen molar-refractivity contribution in [2.45, 2.75) is 17.8 Å². The van der Waals surface area contributed by atoms with Crippen molar-refractivity contribution >= 4 is 50.8 Å². The van der Waals surface area contributed by atoms with Crippen LogP contribution in [0.4, 0.5) is 0 Å². The van der Waals surface area contributed by atoms with Gasteiger partial charge in [0.1, 0.15) is 0 Å². The van der Waals surface area contributed by atoms with Crippen molar-refractivity contribution in [1.29, 1.82) is 0 Å². The number of nitrogens with one attached hydrogen (secondary N) is 1. The lowest BCUT2D eigenvalue weighted by molar-refractivity contribution is 0.994. The van der Waals surface area contributed by atoms with E-state index in [0.717, 1.165) is 22.1 Å². The van der Waals surface area contributed by atoms with E-state index >= 15 is 0 Å². The molecule has 0 aliphatic heterocycles. The lowest BCUT2D eigenvalue weighted by atomic mass is 10.4. The number of nitrogens with zero attached hydrogens (tertiary/aromatic N) is 4. The Balaban J connectivity index is 1.61. The van der Waals surface area contributed by atoms with Gasteiger partial charge in [0, 0.05) is 29.1 Å². The Labute approximate surface area is 143 Å². The van der Waals surface area contributed by atoms with Crippen LogP contribution in [-0.2, 0) is 5.75 Å². The molecule has 4 heterocycles. The molecule has 0 amide bonds. The van der Waals surface area contributed by atoms with E-state index in [0.29, 0.717) is 21.4 Å². The lowest BCUT2D eigenvalue weighted by Gasteiger charge is -2.00. The molecule has 6 nitrogen and oxygen atoms in total. The number of thiazole rings is 1. The molecule has 4 rings (SSSR count). The van der Waals surface area contributed by atoms with E-state index < -0.39 is 0 Å². The lowest BCUT2D eigenvalue weighted by Crippen LogP contribution is -2.14. The number of hydrogen-bond acceptors (Lipinski definition) is 6. The highest BCUT2D eigenvalue weighted by Gasteiger charge is 2.09. The molecule has 0 saturated carbocycles. The van der Waals surface area contributed by atoms with Crippen molar-refractivity contribution in [2.24, 2.45) is 0 Å². The number of aromatic amines is 1. The Bertz CT molecular complexity index is 1080. The van der Waals surface area contributed by atoms with E-state index in [2.05, 4.69) is 19.9 Å². The van der Waals surface area contributed by atoms with E-state index in [-0.39, 0.29) is 5.56 Å². The van der Waals surface area contributed by atoms with Gasteiger partial charge in [0.2, 0.25) is 0 Å². The van der Waals surface area contributed by atoms with Crippen LogP contribution in [0.5, 0.6) is 0 Å². The van der Waals surface area contributed by atoms with Gasteiger partial charge in [-0.2, -0.15) is 0 Å². The van der Waals surface area contributed by atoms with Crippen LogP contribution >= 0.6 is 34.7 Å². The molecule has 0 aliphatic rings. The number of aromatic nitrogens is 5. The highest BCUT2D eigenvalue weighted by atomic mass is 35.5. The van der Waals surface area contributed by atoms with Crippen LogP contribution < -0.4 is 5.56 Å². The summed E-state index contributed by atoms with van der Waals surface area (Å²) < 4.78 is 1.62. The predicted octanol–water partition coefficient (Wildman–Crippen LogP) is 3.28. The van der Waals surface area contributed by atoms with E-state index in [1.54, 1.807) is 22.7 Å². The summed E-state index contributed by atoms with van der Waals surface area (Å²) >= 11 is 8.85. The fourth-order valence-corrected chi connectivity index (χ4v) is 4.05. The van der Waals surface area contributed by atoms with Crippen molar-refractivity contribution in [3.63, 3.8) is 0 Å². The van der Waals surface area contributed by atoms with E-state index in [9.17, 15) is 4.79 Å². The van der Waals surface area contributed by atoms with Gasteiger partial charge in [-0.1, -0.05) is 23.4 Å². The number of H-pyrrole nitrogens is 1. The van der Waals surface area contributed by atoms with Gasteiger partial charge >= 0.3 is 0 Å². The van der Waals surface area contributed by atoms with E-state index in [1.807, 2.05) is 12.3 Å². The zero-order chi connectivity index (χ0) is 16.0. The summed E-state index contributed by atoms with van der Waals surface area (Å²) in [5.74, 6) is 0.552. The van der Waals surface area contributed by atoms with Crippen molar-refractivity contribution in [3.05, 3.63) is 50.5 Å². The number of rotatable bonds is 3. The molecule has 4 aromatic rings. The minimum absolute atomic E-state index is 0.0533.